The number of Topliss-reactive ketones (excluding diaryl/α,β-unsaturated/α-hetero) is 1. The zero-order chi connectivity index (χ0) is 28.2. The van der Waals surface area contributed by atoms with Crippen molar-refractivity contribution in [1.82, 2.24) is 15.0 Å². The highest BCUT2D eigenvalue weighted by molar-refractivity contribution is 5.99. The summed E-state index contributed by atoms with van der Waals surface area (Å²) >= 11 is 0. The van der Waals surface area contributed by atoms with Crippen molar-refractivity contribution in [1.29, 1.82) is 0 Å². The van der Waals surface area contributed by atoms with Crippen LogP contribution < -0.4 is 16.0 Å². The fourth-order valence-corrected chi connectivity index (χ4v) is 4.27. The fourth-order valence-electron chi connectivity index (χ4n) is 4.27. The molecule has 0 aliphatic heterocycles. The second-order valence-corrected chi connectivity index (χ2v) is 9.25. The van der Waals surface area contributed by atoms with Gasteiger partial charge in [-0.25, -0.2) is 4.68 Å². The van der Waals surface area contributed by atoms with Crippen molar-refractivity contribution in [2.75, 3.05) is 0 Å². The number of ketones is 1. The van der Waals surface area contributed by atoms with E-state index in [-0.39, 0.29) is 37.3 Å². The van der Waals surface area contributed by atoms with Gasteiger partial charge >= 0.3 is 5.97 Å². The summed E-state index contributed by atoms with van der Waals surface area (Å²) < 4.78 is 12.6. The molecule has 0 aliphatic rings. The van der Waals surface area contributed by atoms with Crippen LogP contribution in [-0.2, 0) is 17.9 Å². The van der Waals surface area contributed by atoms with Gasteiger partial charge in [0.15, 0.2) is 11.5 Å². The van der Waals surface area contributed by atoms with Gasteiger partial charge < -0.3 is 20.0 Å². The van der Waals surface area contributed by atoms with Gasteiger partial charge in [0.25, 0.3) is 5.56 Å². The van der Waals surface area contributed by atoms with Crippen LogP contribution in [0.5, 0.6) is 5.75 Å². The van der Waals surface area contributed by atoms with Gasteiger partial charge in [-0.1, -0.05) is 29.5 Å². The number of hydrogen-bond acceptors (Lipinski definition) is 8. The Kier molecular flexibility index (Phi) is 7.36. The second-order valence-electron chi connectivity index (χ2n) is 9.25. The molecule has 3 aromatic carbocycles. The minimum Gasteiger partial charge on any atom is -0.489 e. The minimum atomic E-state index is -1.16. The Hall–Kier alpha value is -5.32. The number of amides is 1. The highest BCUT2D eigenvalue weighted by atomic mass is 16.5. The van der Waals surface area contributed by atoms with Gasteiger partial charge in [-0.05, 0) is 60.5 Å². The molecule has 202 valence electrons. The highest BCUT2D eigenvalue weighted by Crippen LogP contribution is 2.27. The summed E-state index contributed by atoms with van der Waals surface area (Å²) in [5.41, 5.74) is 7.03. The Morgan fingerprint density at radius 1 is 1.02 bits per heavy atom. The number of fused-ring (bicyclic) bond motifs is 2. The zero-order valence-electron chi connectivity index (χ0n) is 21.1. The second kappa shape index (κ2) is 11.2. The first-order valence-electron chi connectivity index (χ1n) is 12.4. The van der Waals surface area contributed by atoms with Crippen molar-refractivity contribution < 1.29 is 28.6 Å². The average Bonchev–Trinajstić information content (AvgIpc) is 3.39. The maximum atomic E-state index is 12.9. The lowest BCUT2D eigenvalue weighted by Gasteiger charge is -2.11. The van der Waals surface area contributed by atoms with E-state index in [9.17, 15) is 24.3 Å². The number of furan rings is 1. The molecule has 1 atom stereocenters. The summed E-state index contributed by atoms with van der Waals surface area (Å²) in [5.74, 6) is -2.63. The Morgan fingerprint density at radius 3 is 2.55 bits per heavy atom. The Bertz CT molecular complexity index is 1790. The van der Waals surface area contributed by atoms with Crippen LogP contribution >= 0.6 is 0 Å². The van der Waals surface area contributed by atoms with Crippen LogP contribution in [-0.4, -0.2) is 37.8 Å². The lowest BCUT2D eigenvalue weighted by Crippen LogP contribution is -2.27. The van der Waals surface area contributed by atoms with E-state index in [0.717, 1.165) is 10.2 Å². The summed E-state index contributed by atoms with van der Waals surface area (Å²) in [6, 6.07) is 20.1. The molecule has 5 rings (SSSR count). The molecule has 0 radical (unpaired) electrons. The molecule has 5 aromatic rings. The molecule has 0 aliphatic carbocycles. The van der Waals surface area contributed by atoms with E-state index >= 15 is 0 Å². The van der Waals surface area contributed by atoms with E-state index in [1.165, 1.54) is 0 Å². The number of primary amides is 1. The predicted molar refractivity (Wildman–Crippen MR) is 144 cm³/mol. The first-order chi connectivity index (χ1) is 19.3. The van der Waals surface area contributed by atoms with E-state index < -0.39 is 23.6 Å². The maximum Gasteiger partial charge on any atom is 0.307 e. The number of carboxylic acid groups (broad SMARTS) is 1. The summed E-state index contributed by atoms with van der Waals surface area (Å²) in [6.45, 7) is 0.242. The quantitative estimate of drug-likeness (QED) is 0.238. The molecule has 1 amide bonds. The third-order valence-corrected chi connectivity index (χ3v) is 6.51. The summed E-state index contributed by atoms with van der Waals surface area (Å²) in [4.78, 5) is 48.7. The van der Waals surface area contributed by atoms with Crippen LogP contribution in [0.1, 0.15) is 39.3 Å². The number of rotatable bonds is 11. The normalized spacial score (nSPS) is 11.9. The molecule has 3 N–H and O–H groups in total. The summed E-state index contributed by atoms with van der Waals surface area (Å²) in [5, 5.41) is 18.6. The molecule has 2 heterocycles. The molecule has 11 nitrogen and oxygen atoms in total. The first kappa shape index (κ1) is 26.3. The van der Waals surface area contributed by atoms with Crippen LogP contribution in [0, 0.1) is 5.92 Å². The molecule has 2 aromatic heterocycles. The van der Waals surface area contributed by atoms with Gasteiger partial charge in [-0.15, -0.1) is 5.10 Å². The first-order valence-corrected chi connectivity index (χ1v) is 12.4. The number of aliphatic carboxylic acids is 1. The number of carbonyl (C=O) groups excluding carboxylic acids is 2. The smallest absolute Gasteiger partial charge is 0.307 e. The highest BCUT2D eigenvalue weighted by Gasteiger charge is 2.24. The number of ether oxygens (including phenoxy) is 1. The Labute approximate surface area is 226 Å². The monoisotopic (exact) mass is 540 g/mol. The van der Waals surface area contributed by atoms with E-state index in [1.54, 1.807) is 72.8 Å². The molecule has 0 bridgehead atoms. The molecule has 0 fully saturated rings. The topological polar surface area (TPSA) is 168 Å². The van der Waals surface area contributed by atoms with Crippen molar-refractivity contribution in [3.63, 3.8) is 0 Å². The van der Waals surface area contributed by atoms with Gasteiger partial charge in [0, 0.05) is 23.9 Å². The lowest BCUT2D eigenvalue weighted by molar-refractivity contribution is -0.142. The number of benzene rings is 3. The number of aromatic nitrogens is 3. The molecule has 1 unspecified atom stereocenters. The number of carbonyl (C=O) groups is 3. The third-order valence-electron chi connectivity index (χ3n) is 6.51. The summed E-state index contributed by atoms with van der Waals surface area (Å²) in [6.07, 6.45) is -0.303. The van der Waals surface area contributed by atoms with Gasteiger partial charge in [0.05, 0.1) is 11.3 Å². The predicted octanol–water partition coefficient (Wildman–Crippen LogP) is 3.58. The van der Waals surface area contributed by atoms with Crippen molar-refractivity contribution in [3.8, 4) is 5.75 Å². The van der Waals surface area contributed by atoms with Crippen LogP contribution in [0.3, 0.4) is 0 Å². The number of nitrogens with two attached hydrogens (primary N) is 1. The van der Waals surface area contributed by atoms with Crippen LogP contribution in [0.4, 0.5) is 0 Å². The number of nitrogens with zero attached hydrogens (tertiary/aromatic N) is 3. The van der Waals surface area contributed by atoms with Crippen molar-refractivity contribution in [2.24, 2.45) is 11.7 Å². The van der Waals surface area contributed by atoms with Crippen molar-refractivity contribution in [2.45, 2.75) is 26.0 Å². The van der Waals surface area contributed by atoms with E-state index in [1.807, 2.05) is 0 Å². The molecule has 0 spiro atoms. The standard InChI is InChI=1S/C29H24N4O7/c30-27(35)18-7-5-17(6-8-18)16-39-21-9-10-25-20(13-21)15-26(40-25)24(34)14-19(29(37)38)11-12-33-28(36)22-3-1-2-4-23(22)31-32-33/h1-10,13,15,19H,11-12,14,16H2,(H2,30,35)(H,37,38). The van der Waals surface area contributed by atoms with Crippen molar-refractivity contribution in [3.05, 3.63) is 100 Å². The zero-order valence-corrected chi connectivity index (χ0v) is 21.1. The fraction of sp³-hybridized carbons (Fsp3) is 0.172. The van der Waals surface area contributed by atoms with Gasteiger partial charge in [0.2, 0.25) is 5.91 Å². The van der Waals surface area contributed by atoms with Gasteiger partial charge in [-0.2, -0.15) is 0 Å². The number of hydrogen-bond donors (Lipinski definition) is 2. The van der Waals surface area contributed by atoms with E-state index in [2.05, 4.69) is 10.3 Å². The maximum absolute atomic E-state index is 12.9. The Morgan fingerprint density at radius 2 is 1.80 bits per heavy atom. The van der Waals surface area contributed by atoms with E-state index in [0.29, 0.717) is 33.2 Å². The lowest BCUT2D eigenvalue weighted by atomic mass is 9.98. The van der Waals surface area contributed by atoms with Crippen LogP contribution in [0.25, 0.3) is 21.9 Å². The largest absolute Gasteiger partial charge is 0.489 e. The molecule has 0 saturated heterocycles. The van der Waals surface area contributed by atoms with Crippen LogP contribution in [0.2, 0.25) is 0 Å². The SMILES string of the molecule is NC(=O)c1ccc(COc2ccc3oc(C(=O)CC(CCn4nnc5ccccc5c4=O)C(=O)O)cc3c2)cc1. The van der Waals surface area contributed by atoms with Crippen molar-refractivity contribution >= 4 is 39.5 Å². The number of aryl methyl sites for hydroxylation is 1. The van der Waals surface area contributed by atoms with Crippen LogP contribution in [0.15, 0.2) is 82.0 Å². The number of carboxylic acids is 1. The van der Waals surface area contributed by atoms with E-state index in [4.69, 9.17) is 14.9 Å². The molecule has 11 heteroatoms. The Balaban J connectivity index is 1.24. The minimum absolute atomic E-state index is 0.00658. The molecular weight excluding hydrogens is 516 g/mol. The molecular formula is C29H24N4O7. The van der Waals surface area contributed by atoms with Gasteiger partial charge in [-0.3, -0.25) is 19.2 Å². The molecule has 40 heavy (non-hydrogen) atoms. The average molecular weight is 541 g/mol. The van der Waals surface area contributed by atoms with Gasteiger partial charge in [0.1, 0.15) is 23.5 Å². The molecule has 0 saturated carbocycles. The third kappa shape index (κ3) is 5.73. The summed E-state index contributed by atoms with van der Waals surface area (Å²) in [7, 11) is 0.